The van der Waals surface area contributed by atoms with Crippen LogP contribution >= 0.6 is 0 Å². The first-order valence-corrected chi connectivity index (χ1v) is 6.19. The smallest absolute Gasteiger partial charge is 0.0568 e. The minimum Gasteiger partial charge on any atom is -0.396 e. The minimum absolute atomic E-state index is 0.243. The molecule has 0 aliphatic carbocycles. The summed E-state index contributed by atoms with van der Waals surface area (Å²) in [6.45, 7) is 1.93. The monoisotopic (exact) mass is 245 g/mol. The van der Waals surface area contributed by atoms with Crippen molar-refractivity contribution in [1.82, 2.24) is 15.1 Å². The Bertz CT molecular complexity index is 476. The molecule has 0 fully saturated rings. The Morgan fingerprint density at radius 1 is 1.22 bits per heavy atom. The van der Waals surface area contributed by atoms with Crippen molar-refractivity contribution >= 4 is 0 Å². The van der Waals surface area contributed by atoms with Gasteiger partial charge in [-0.05, 0) is 24.1 Å². The SMILES string of the molecule is Cn1cc(-c2ccc(CNCCCO)cc2)cn1. The average Bonchev–Trinajstić information content (AvgIpc) is 2.82. The number of nitrogens with zero attached hydrogens (tertiary/aromatic N) is 2. The Morgan fingerprint density at radius 2 is 2.00 bits per heavy atom. The normalized spacial score (nSPS) is 10.8. The molecule has 0 bridgehead atoms. The van der Waals surface area contributed by atoms with E-state index in [9.17, 15) is 0 Å². The molecule has 0 radical (unpaired) electrons. The zero-order valence-electron chi connectivity index (χ0n) is 10.6. The van der Waals surface area contributed by atoms with Crippen LogP contribution in [0, 0.1) is 0 Å². The lowest BCUT2D eigenvalue weighted by molar-refractivity contribution is 0.286. The maximum atomic E-state index is 8.68. The van der Waals surface area contributed by atoms with Crippen molar-refractivity contribution in [2.45, 2.75) is 13.0 Å². The fourth-order valence-corrected chi connectivity index (χ4v) is 1.82. The Balaban J connectivity index is 1.93. The van der Waals surface area contributed by atoms with Crippen LogP contribution in [0.1, 0.15) is 12.0 Å². The standard InChI is InChI=1S/C14H19N3O/c1-17-11-14(10-16-17)13-5-3-12(4-6-13)9-15-7-2-8-18/h3-6,10-11,15,18H,2,7-9H2,1H3. The molecule has 1 heterocycles. The lowest BCUT2D eigenvalue weighted by Gasteiger charge is -2.04. The minimum atomic E-state index is 0.243. The Hall–Kier alpha value is -1.65. The summed E-state index contributed by atoms with van der Waals surface area (Å²) in [5.41, 5.74) is 3.57. The summed E-state index contributed by atoms with van der Waals surface area (Å²) in [6.07, 6.45) is 4.68. The second-order valence-corrected chi connectivity index (χ2v) is 4.35. The summed E-state index contributed by atoms with van der Waals surface area (Å²) < 4.78 is 1.81. The van der Waals surface area contributed by atoms with Gasteiger partial charge in [0.2, 0.25) is 0 Å². The highest BCUT2D eigenvalue weighted by atomic mass is 16.3. The second kappa shape index (κ2) is 6.33. The van der Waals surface area contributed by atoms with Crippen LogP contribution in [0.5, 0.6) is 0 Å². The molecule has 1 aromatic heterocycles. The van der Waals surface area contributed by atoms with E-state index in [2.05, 4.69) is 34.7 Å². The maximum Gasteiger partial charge on any atom is 0.0568 e. The molecule has 2 N–H and O–H groups in total. The fourth-order valence-electron chi connectivity index (χ4n) is 1.82. The third kappa shape index (κ3) is 3.42. The van der Waals surface area contributed by atoms with E-state index < -0.39 is 0 Å². The van der Waals surface area contributed by atoms with E-state index >= 15 is 0 Å². The van der Waals surface area contributed by atoms with E-state index in [1.807, 2.05) is 19.4 Å². The van der Waals surface area contributed by atoms with Crippen LogP contribution in [0.15, 0.2) is 36.7 Å². The first kappa shape index (κ1) is 12.8. The maximum absolute atomic E-state index is 8.68. The van der Waals surface area contributed by atoms with Crippen LogP contribution in [0.4, 0.5) is 0 Å². The van der Waals surface area contributed by atoms with Gasteiger partial charge < -0.3 is 10.4 Å². The number of hydrogen-bond donors (Lipinski definition) is 2. The zero-order valence-corrected chi connectivity index (χ0v) is 10.6. The molecule has 96 valence electrons. The Kier molecular flexibility index (Phi) is 4.50. The van der Waals surface area contributed by atoms with Crippen molar-refractivity contribution in [2.24, 2.45) is 7.05 Å². The predicted octanol–water partition coefficient (Wildman–Crippen LogP) is 1.56. The molecule has 2 aromatic rings. The first-order chi connectivity index (χ1) is 8.79. The quantitative estimate of drug-likeness (QED) is 0.759. The number of benzene rings is 1. The van der Waals surface area contributed by atoms with Crippen LogP contribution in [0.2, 0.25) is 0 Å². The van der Waals surface area contributed by atoms with Gasteiger partial charge in [-0.15, -0.1) is 0 Å². The van der Waals surface area contributed by atoms with Gasteiger partial charge in [0.1, 0.15) is 0 Å². The molecule has 0 saturated heterocycles. The lowest BCUT2D eigenvalue weighted by Crippen LogP contribution is -2.15. The van der Waals surface area contributed by atoms with Crippen molar-refractivity contribution < 1.29 is 5.11 Å². The number of aliphatic hydroxyl groups is 1. The summed E-state index contributed by atoms with van der Waals surface area (Å²) in [4.78, 5) is 0. The van der Waals surface area contributed by atoms with Gasteiger partial charge in [-0.1, -0.05) is 24.3 Å². The first-order valence-electron chi connectivity index (χ1n) is 6.19. The number of aromatic nitrogens is 2. The number of aliphatic hydroxyl groups excluding tert-OH is 1. The fraction of sp³-hybridized carbons (Fsp3) is 0.357. The molecule has 2 rings (SSSR count). The largest absolute Gasteiger partial charge is 0.396 e. The molecule has 0 spiro atoms. The number of hydrogen-bond acceptors (Lipinski definition) is 3. The Labute approximate surface area is 107 Å². The summed E-state index contributed by atoms with van der Waals surface area (Å²) in [5.74, 6) is 0. The van der Waals surface area contributed by atoms with Crippen LogP contribution in [0.3, 0.4) is 0 Å². The molecule has 0 aliphatic rings. The van der Waals surface area contributed by atoms with E-state index in [1.165, 1.54) is 11.1 Å². The summed E-state index contributed by atoms with van der Waals surface area (Å²) >= 11 is 0. The molecular formula is C14H19N3O. The molecule has 4 nitrogen and oxygen atoms in total. The molecule has 0 saturated carbocycles. The van der Waals surface area contributed by atoms with Gasteiger partial charge in [-0.2, -0.15) is 5.10 Å². The molecule has 4 heteroatoms. The molecule has 0 aliphatic heterocycles. The van der Waals surface area contributed by atoms with Gasteiger partial charge >= 0.3 is 0 Å². The number of aryl methyl sites for hydroxylation is 1. The predicted molar refractivity (Wildman–Crippen MR) is 72.1 cm³/mol. The summed E-state index contributed by atoms with van der Waals surface area (Å²) in [5, 5.41) is 16.1. The van der Waals surface area contributed by atoms with E-state index in [0.717, 1.165) is 25.1 Å². The number of nitrogens with one attached hydrogen (secondary N) is 1. The summed E-state index contributed by atoms with van der Waals surface area (Å²) in [7, 11) is 1.92. The van der Waals surface area contributed by atoms with Crippen molar-refractivity contribution in [3.05, 3.63) is 42.2 Å². The van der Waals surface area contributed by atoms with Crippen LogP contribution in [-0.4, -0.2) is 28.0 Å². The van der Waals surface area contributed by atoms with Gasteiger partial charge in [0.25, 0.3) is 0 Å². The van der Waals surface area contributed by atoms with Gasteiger partial charge in [0, 0.05) is 32.0 Å². The van der Waals surface area contributed by atoms with Crippen LogP contribution in [-0.2, 0) is 13.6 Å². The second-order valence-electron chi connectivity index (χ2n) is 4.35. The highest BCUT2D eigenvalue weighted by Gasteiger charge is 2.00. The molecule has 1 aromatic carbocycles. The highest BCUT2D eigenvalue weighted by Crippen LogP contribution is 2.18. The van der Waals surface area contributed by atoms with E-state index in [-0.39, 0.29) is 6.61 Å². The zero-order chi connectivity index (χ0) is 12.8. The van der Waals surface area contributed by atoms with Gasteiger partial charge in [-0.25, -0.2) is 0 Å². The van der Waals surface area contributed by atoms with Gasteiger partial charge in [0.15, 0.2) is 0 Å². The van der Waals surface area contributed by atoms with Crippen molar-refractivity contribution in [3.63, 3.8) is 0 Å². The molecule has 0 atom stereocenters. The van der Waals surface area contributed by atoms with Gasteiger partial charge in [-0.3, -0.25) is 4.68 Å². The number of rotatable bonds is 6. The van der Waals surface area contributed by atoms with Crippen LogP contribution in [0.25, 0.3) is 11.1 Å². The molecular weight excluding hydrogens is 226 g/mol. The summed E-state index contributed by atoms with van der Waals surface area (Å²) in [6, 6.07) is 8.46. The van der Waals surface area contributed by atoms with Crippen molar-refractivity contribution in [2.75, 3.05) is 13.2 Å². The molecule has 18 heavy (non-hydrogen) atoms. The molecule has 0 unspecified atom stereocenters. The topological polar surface area (TPSA) is 50.1 Å². The van der Waals surface area contributed by atoms with E-state index in [1.54, 1.807) is 4.68 Å². The van der Waals surface area contributed by atoms with E-state index in [0.29, 0.717) is 0 Å². The third-order valence-corrected chi connectivity index (χ3v) is 2.83. The highest BCUT2D eigenvalue weighted by molar-refractivity contribution is 5.61. The van der Waals surface area contributed by atoms with Crippen molar-refractivity contribution in [3.8, 4) is 11.1 Å². The third-order valence-electron chi connectivity index (χ3n) is 2.83. The lowest BCUT2D eigenvalue weighted by atomic mass is 10.1. The Morgan fingerprint density at radius 3 is 2.61 bits per heavy atom. The average molecular weight is 245 g/mol. The van der Waals surface area contributed by atoms with E-state index in [4.69, 9.17) is 5.11 Å². The van der Waals surface area contributed by atoms with Crippen molar-refractivity contribution in [1.29, 1.82) is 0 Å². The van der Waals surface area contributed by atoms with Gasteiger partial charge in [0.05, 0.1) is 6.20 Å². The van der Waals surface area contributed by atoms with Crippen LogP contribution < -0.4 is 5.32 Å². The molecule has 0 amide bonds.